The molecule has 0 bridgehead atoms. The summed E-state index contributed by atoms with van der Waals surface area (Å²) in [6.07, 6.45) is 5.39. The highest BCUT2D eigenvalue weighted by Crippen LogP contribution is 2.23. The molecule has 1 N–H and O–H groups in total. The van der Waals surface area contributed by atoms with Gasteiger partial charge in [0.25, 0.3) is 5.91 Å². The molecule has 0 unspecified atom stereocenters. The quantitative estimate of drug-likeness (QED) is 0.837. The summed E-state index contributed by atoms with van der Waals surface area (Å²) in [7, 11) is 0. The molecule has 1 saturated heterocycles. The van der Waals surface area contributed by atoms with Crippen LogP contribution in [0.4, 0.5) is 0 Å². The molecule has 0 radical (unpaired) electrons. The Morgan fingerprint density at radius 2 is 2.19 bits per heavy atom. The average molecular weight is 355 g/mol. The van der Waals surface area contributed by atoms with Gasteiger partial charge in [-0.1, -0.05) is 6.07 Å². The Kier molecular flexibility index (Phi) is 5.52. The molecular weight excluding hydrogens is 330 g/mol. The Bertz CT molecular complexity index is 798. The molecule has 0 aliphatic carbocycles. The number of carbonyl (C=O) groups is 2. The van der Waals surface area contributed by atoms with Crippen molar-refractivity contribution in [3.63, 3.8) is 0 Å². The lowest BCUT2D eigenvalue weighted by molar-refractivity contribution is -0.00685. The van der Waals surface area contributed by atoms with E-state index in [4.69, 9.17) is 4.74 Å². The van der Waals surface area contributed by atoms with Crippen LogP contribution in [0.3, 0.4) is 0 Å². The van der Waals surface area contributed by atoms with Crippen LogP contribution in [0, 0.1) is 13.8 Å². The number of nitrogens with one attached hydrogen (secondary N) is 1. The molecule has 1 atom stereocenters. The van der Waals surface area contributed by atoms with Crippen molar-refractivity contribution < 1.29 is 14.3 Å². The number of H-pyrrole nitrogens is 1. The van der Waals surface area contributed by atoms with E-state index in [-0.39, 0.29) is 17.8 Å². The van der Waals surface area contributed by atoms with Gasteiger partial charge in [-0.2, -0.15) is 0 Å². The lowest BCUT2D eigenvalue weighted by atomic mass is 10.0. The first-order valence-corrected chi connectivity index (χ1v) is 8.97. The summed E-state index contributed by atoms with van der Waals surface area (Å²) >= 11 is 0. The van der Waals surface area contributed by atoms with Crippen molar-refractivity contribution in [2.24, 2.45) is 0 Å². The lowest BCUT2D eigenvalue weighted by Crippen LogP contribution is -2.43. The molecule has 3 rings (SSSR count). The van der Waals surface area contributed by atoms with Gasteiger partial charge in [0.2, 0.25) is 0 Å². The number of carbonyl (C=O) groups excluding carboxylic acids is 2. The maximum Gasteiger partial charge on any atom is 0.256 e. The molecule has 2 aromatic rings. The molecule has 1 amide bonds. The fourth-order valence-electron chi connectivity index (χ4n) is 3.54. The van der Waals surface area contributed by atoms with Crippen LogP contribution < -0.4 is 0 Å². The van der Waals surface area contributed by atoms with Crippen molar-refractivity contribution in [2.45, 2.75) is 46.3 Å². The number of amides is 1. The highest BCUT2D eigenvalue weighted by Gasteiger charge is 2.29. The molecule has 3 heterocycles. The third-order valence-corrected chi connectivity index (χ3v) is 4.88. The van der Waals surface area contributed by atoms with E-state index in [0.29, 0.717) is 31.0 Å². The Hall–Kier alpha value is -2.47. The highest BCUT2D eigenvalue weighted by molar-refractivity contribution is 6.02. The Morgan fingerprint density at radius 3 is 2.85 bits per heavy atom. The third-order valence-electron chi connectivity index (χ3n) is 4.88. The largest absolute Gasteiger partial charge is 0.372 e. The van der Waals surface area contributed by atoms with Crippen LogP contribution in [-0.4, -0.2) is 45.8 Å². The zero-order chi connectivity index (χ0) is 18.7. The second kappa shape index (κ2) is 7.83. The van der Waals surface area contributed by atoms with Gasteiger partial charge in [0.05, 0.1) is 24.0 Å². The van der Waals surface area contributed by atoms with Crippen LogP contribution in [0.25, 0.3) is 0 Å². The summed E-state index contributed by atoms with van der Waals surface area (Å²) in [4.78, 5) is 33.7. The van der Waals surface area contributed by atoms with E-state index < -0.39 is 0 Å². The van der Waals surface area contributed by atoms with Crippen molar-refractivity contribution >= 4 is 11.7 Å². The van der Waals surface area contributed by atoms with E-state index in [2.05, 4.69) is 9.97 Å². The number of pyridine rings is 1. The molecule has 6 nitrogen and oxygen atoms in total. The summed E-state index contributed by atoms with van der Waals surface area (Å²) in [6, 6.07) is 3.87. The number of ketones is 1. The molecule has 1 fully saturated rings. The van der Waals surface area contributed by atoms with E-state index in [1.165, 1.54) is 6.92 Å². The molecule has 0 aromatic carbocycles. The Labute approximate surface area is 153 Å². The number of aromatic amines is 1. The topological polar surface area (TPSA) is 75.3 Å². The number of Topliss-reactive ketones (excluding diaryl/α,β-unsaturated/α-hetero) is 1. The normalized spacial score (nSPS) is 17.3. The molecule has 0 spiro atoms. The number of aryl methyl sites for hydroxylation is 1. The van der Waals surface area contributed by atoms with Crippen molar-refractivity contribution in [3.8, 4) is 0 Å². The smallest absolute Gasteiger partial charge is 0.256 e. The van der Waals surface area contributed by atoms with Crippen molar-refractivity contribution in [1.82, 2.24) is 14.9 Å². The van der Waals surface area contributed by atoms with Crippen LogP contribution in [-0.2, 0) is 11.3 Å². The first kappa shape index (κ1) is 18.3. The van der Waals surface area contributed by atoms with Gasteiger partial charge in [-0.05, 0) is 43.9 Å². The zero-order valence-electron chi connectivity index (χ0n) is 15.5. The number of hydrogen-bond donors (Lipinski definition) is 1. The van der Waals surface area contributed by atoms with Gasteiger partial charge in [0.15, 0.2) is 5.78 Å². The molecule has 6 heteroatoms. The zero-order valence-corrected chi connectivity index (χ0v) is 15.5. The summed E-state index contributed by atoms with van der Waals surface area (Å²) in [5.74, 6) is -0.0839. The van der Waals surface area contributed by atoms with Gasteiger partial charge in [0.1, 0.15) is 0 Å². The van der Waals surface area contributed by atoms with Gasteiger partial charge in [-0.15, -0.1) is 0 Å². The first-order valence-electron chi connectivity index (χ1n) is 8.97. The third kappa shape index (κ3) is 3.85. The molecule has 138 valence electrons. The van der Waals surface area contributed by atoms with Crippen molar-refractivity contribution in [2.75, 3.05) is 13.1 Å². The summed E-state index contributed by atoms with van der Waals surface area (Å²) in [5, 5.41) is 0. The number of aromatic nitrogens is 2. The van der Waals surface area contributed by atoms with Gasteiger partial charge in [0, 0.05) is 38.1 Å². The number of rotatable bonds is 5. The van der Waals surface area contributed by atoms with E-state index >= 15 is 0 Å². The minimum atomic E-state index is -0.0547. The number of ether oxygens (including phenoxy) is 1. The second-order valence-corrected chi connectivity index (χ2v) is 6.87. The Balaban J connectivity index is 1.67. The predicted octanol–water partition coefficient (Wildman–Crippen LogP) is 3.05. The fourth-order valence-corrected chi connectivity index (χ4v) is 3.54. The number of nitrogens with zero attached hydrogens (tertiary/aromatic N) is 2. The minimum Gasteiger partial charge on any atom is -0.372 e. The van der Waals surface area contributed by atoms with Crippen molar-refractivity contribution in [3.05, 3.63) is 52.6 Å². The van der Waals surface area contributed by atoms with E-state index in [0.717, 1.165) is 29.7 Å². The fraction of sp³-hybridized carbons (Fsp3) is 0.450. The SMILES string of the molecule is CC(=O)c1[nH]c(C)c(C(=O)N2CCC[C@H](OCc3cccnc3)C2)c1C. The molecule has 1 aliphatic rings. The second-order valence-electron chi connectivity index (χ2n) is 6.87. The monoisotopic (exact) mass is 355 g/mol. The molecular formula is C20H25N3O3. The maximum absolute atomic E-state index is 13.0. The lowest BCUT2D eigenvalue weighted by Gasteiger charge is -2.33. The standard InChI is InChI=1S/C20H25N3O3/c1-13-18(14(2)22-19(13)15(3)24)20(25)23-9-5-7-17(11-23)26-12-16-6-4-8-21-10-16/h4,6,8,10,17,22H,5,7,9,11-12H2,1-3H3/t17-/m0/s1. The van der Waals surface area contributed by atoms with Crippen molar-refractivity contribution in [1.29, 1.82) is 0 Å². The summed E-state index contributed by atoms with van der Waals surface area (Å²) in [5.41, 5.74) is 3.64. The summed E-state index contributed by atoms with van der Waals surface area (Å²) < 4.78 is 5.99. The first-order chi connectivity index (χ1) is 12.5. The average Bonchev–Trinajstić information content (AvgIpc) is 2.95. The highest BCUT2D eigenvalue weighted by atomic mass is 16.5. The molecule has 2 aromatic heterocycles. The van der Waals surface area contributed by atoms with Gasteiger partial charge in [-0.25, -0.2) is 0 Å². The predicted molar refractivity (Wildman–Crippen MR) is 98.2 cm³/mol. The van der Waals surface area contributed by atoms with Crippen LogP contribution in [0.2, 0.25) is 0 Å². The van der Waals surface area contributed by atoms with Gasteiger partial charge in [-0.3, -0.25) is 14.6 Å². The molecule has 1 aliphatic heterocycles. The van der Waals surface area contributed by atoms with Crippen LogP contribution in [0.5, 0.6) is 0 Å². The Morgan fingerprint density at radius 1 is 1.38 bits per heavy atom. The van der Waals surface area contributed by atoms with E-state index in [1.807, 2.05) is 30.9 Å². The maximum atomic E-state index is 13.0. The number of hydrogen-bond acceptors (Lipinski definition) is 4. The van der Waals surface area contributed by atoms with E-state index in [1.54, 1.807) is 12.4 Å². The molecule has 26 heavy (non-hydrogen) atoms. The number of likely N-dealkylation sites (tertiary alicyclic amines) is 1. The molecule has 0 saturated carbocycles. The van der Waals surface area contributed by atoms with Crippen LogP contribution in [0.15, 0.2) is 24.5 Å². The number of piperidine rings is 1. The summed E-state index contributed by atoms with van der Waals surface area (Å²) in [6.45, 7) is 6.96. The van der Waals surface area contributed by atoms with Gasteiger partial charge < -0.3 is 14.6 Å². The minimum absolute atomic E-state index is 0.0136. The van der Waals surface area contributed by atoms with Crippen LogP contribution >= 0.6 is 0 Å². The van der Waals surface area contributed by atoms with E-state index in [9.17, 15) is 9.59 Å². The van der Waals surface area contributed by atoms with Crippen LogP contribution in [0.1, 0.15) is 57.4 Å². The van der Waals surface area contributed by atoms with Gasteiger partial charge >= 0.3 is 0 Å².